The second kappa shape index (κ2) is 7.81. The van der Waals surface area contributed by atoms with Crippen molar-refractivity contribution < 1.29 is 4.21 Å². The number of hydrogen-bond donors (Lipinski definition) is 1. The van der Waals surface area contributed by atoms with Gasteiger partial charge in [-0.1, -0.05) is 26.8 Å². The van der Waals surface area contributed by atoms with Crippen LogP contribution in [0.1, 0.15) is 38.3 Å². The second-order valence-corrected chi connectivity index (χ2v) is 7.06. The summed E-state index contributed by atoms with van der Waals surface area (Å²) < 4.78 is 12.5. The van der Waals surface area contributed by atoms with Gasteiger partial charge in [0.2, 0.25) is 0 Å². The molecule has 0 bridgehead atoms. The molecule has 108 valence electrons. The zero-order valence-corrected chi connectivity index (χ0v) is 13.6. The Morgan fingerprint density at radius 2 is 1.89 bits per heavy atom. The Morgan fingerprint density at radius 1 is 1.21 bits per heavy atom. The van der Waals surface area contributed by atoms with Gasteiger partial charge in [0.05, 0.1) is 10.8 Å². The van der Waals surface area contributed by atoms with Crippen LogP contribution in [0.3, 0.4) is 0 Å². The maximum atomic E-state index is 12.5. The Kier molecular flexibility index (Phi) is 6.73. The largest absolute Gasteiger partial charge is 0.313 e. The van der Waals surface area contributed by atoms with E-state index in [1.165, 1.54) is 11.1 Å². The third-order valence-corrected chi connectivity index (χ3v) is 4.98. The number of benzene rings is 1. The van der Waals surface area contributed by atoms with Crippen molar-refractivity contribution in [2.24, 2.45) is 5.92 Å². The van der Waals surface area contributed by atoms with Crippen LogP contribution in [0.5, 0.6) is 0 Å². The van der Waals surface area contributed by atoms with E-state index in [0.717, 1.165) is 17.9 Å². The molecule has 2 nitrogen and oxygen atoms in total. The minimum atomic E-state index is -0.919. The standard InChI is InChI=1S/C16H27NOS/c1-6-9-17-16(12(2)3)11-19(18)15-8-7-13(4)14(5)10-15/h7-8,10,12,16-17H,6,9,11H2,1-5H3. The van der Waals surface area contributed by atoms with Crippen LogP contribution < -0.4 is 5.32 Å². The summed E-state index contributed by atoms with van der Waals surface area (Å²) >= 11 is 0. The molecule has 2 unspecified atom stereocenters. The highest BCUT2D eigenvalue weighted by Gasteiger charge is 2.17. The highest BCUT2D eigenvalue weighted by Crippen LogP contribution is 2.15. The van der Waals surface area contributed by atoms with E-state index in [9.17, 15) is 4.21 Å². The van der Waals surface area contributed by atoms with Gasteiger partial charge in [0.1, 0.15) is 0 Å². The van der Waals surface area contributed by atoms with Gasteiger partial charge >= 0.3 is 0 Å². The molecule has 0 aliphatic rings. The van der Waals surface area contributed by atoms with Crippen molar-refractivity contribution in [2.45, 2.75) is 52.0 Å². The van der Waals surface area contributed by atoms with E-state index < -0.39 is 10.8 Å². The van der Waals surface area contributed by atoms with E-state index >= 15 is 0 Å². The minimum absolute atomic E-state index is 0.322. The SMILES string of the molecule is CCCNC(CS(=O)c1ccc(C)c(C)c1)C(C)C. The summed E-state index contributed by atoms with van der Waals surface area (Å²) in [5.74, 6) is 1.20. The van der Waals surface area contributed by atoms with E-state index in [2.05, 4.69) is 52.1 Å². The summed E-state index contributed by atoms with van der Waals surface area (Å²) in [6, 6.07) is 6.44. The predicted octanol–water partition coefficient (Wildman–Crippen LogP) is 3.44. The van der Waals surface area contributed by atoms with E-state index in [0.29, 0.717) is 17.7 Å². The molecule has 0 fully saturated rings. The molecular formula is C16H27NOS. The Labute approximate surface area is 120 Å². The van der Waals surface area contributed by atoms with E-state index in [4.69, 9.17) is 0 Å². The lowest BCUT2D eigenvalue weighted by molar-refractivity contribution is 0.431. The molecule has 0 aromatic heterocycles. The summed E-state index contributed by atoms with van der Waals surface area (Å²) in [5.41, 5.74) is 2.47. The van der Waals surface area contributed by atoms with Crippen molar-refractivity contribution in [3.05, 3.63) is 29.3 Å². The minimum Gasteiger partial charge on any atom is -0.313 e. The lowest BCUT2D eigenvalue weighted by Gasteiger charge is -2.22. The van der Waals surface area contributed by atoms with Gasteiger partial charge < -0.3 is 5.32 Å². The van der Waals surface area contributed by atoms with Crippen LogP contribution in [0.15, 0.2) is 23.1 Å². The molecule has 0 amide bonds. The van der Waals surface area contributed by atoms with E-state index in [1.807, 2.05) is 6.07 Å². The summed E-state index contributed by atoms with van der Waals surface area (Å²) in [6.07, 6.45) is 1.11. The third kappa shape index (κ3) is 5.07. The summed E-state index contributed by atoms with van der Waals surface area (Å²) in [4.78, 5) is 0.951. The smallest absolute Gasteiger partial charge is 0.0545 e. The van der Waals surface area contributed by atoms with Crippen LogP contribution in [0.4, 0.5) is 0 Å². The van der Waals surface area contributed by atoms with Crippen LogP contribution in [0, 0.1) is 19.8 Å². The van der Waals surface area contributed by atoms with Crippen molar-refractivity contribution in [3.63, 3.8) is 0 Å². The third-order valence-electron chi connectivity index (χ3n) is 3.53. The van der Waals surface area contributed by atoms with E-state index in [-0.39, 0.29) is 0 Å². The average molecular weight is 281 g/mol. The lowest BCUT2D eigenvalue weighted by atomic mass is 10.1. The summed E-state index contributed by atoms with van der Waals surface area (Å²) in [7, 11) is -0.919. The Balaban J connectivity index is 2.73. The quantitative estimate of drug-likeness (QED) is 0.829. The normalized spacial score (nSPS) is 14.6. The van der Waals surface area contributed by atoms with Gasteiger partial charge in [-0.05, 0) is 56.0 Å². The summed E-state index contributed by atoms with van der Waals surface area (Å²) in [6.45, 7) is 11.7. The second-order valence-electron chi connectivity index (χ2n) is 5.56. The van der Waals surface area contributed by atoms with E-state index in [1.54, 1.807) is 0 Å². The monoisotopic (exact) mass is 281 g/mol. The molecule has 1 rings (SSSR count). The molecule has 0 saturated heterocycles. The average Bonchev–Trinajstić information content (AvgIpc) is 2.37. The molecule has 0 radical (unpaired) electrons. The molecule has 0 spiro atoms. The molecule has 2 atom stereocenters. The fraction of sp³-hybridized carbons (Fsp3) is 0.625. The first-order valence-electron chi connectivity index (χ1n) is 7.14. The van der Waals surface area contributed by atoms with Gasteiger partial charge in [0.25, 0.3) is 0 Å². The van der Waals surface area contributed by atoms with Crippen LogP contribution in [-0.4, -0.2) is 22.5 Å². The highest BCUT2D eigenvalue weighted by molar-refractivity contribution is 7.85. The van der Waals surface area contributed by atoms with Gasteiger partial charge in [-0.15, -0.1) is 0 Å². The molecule has 0 aliphatic heterocycles. The molecule has 0 saturated carbocycles. The fourth-order valence-electron chi connectivity index (χ4n) is 1.93. The van der Waals surface area contributed by atoms with Crippen molar-refractivity contribution >= 4 is 10.8 Å². The molecule has 1 aromatic carbocycles. The molecular weight excluding hydrogens is 254 g/mol. The highest BCUT2D eigenvalue weighted by atomic mass is 32.2. The van der Waals surface area contributed by atoms with Crippen molar-refractivity contribution in [1.82, 2.24) is 5.32 Å². The maximum Gasteiger partial charge on any atom is 0.0545 e. The zero-order chi connectivity index (χ0) is 14.4. The molecule has 19 heavy (non-hydrogen) atoms. The van der Waals surface area contributed by atoms with Gasteiger partial charge in [0.15, 0.2) is 0 Å². The number of hydrogen-bond acceptors (Lipinski definition) is 2. The van der Waals surface area contributed by atoms with Gasteiger partial charge in [-0.25, -0.2) is 0 Å². The maximum absolute atomic E-state index is 12.5. The Hall–Kier alpha value is -0.670. The molecule has 1 aromatic rings. The predicted molar refractivity (Wildman–Crippen MR) is 84.1 cm³/mol. The first-order chi connectivity index (χ1) is 8.95. The number of rotatable bonds is 7. The van der Waals surface area contributed by atoms with Crippen molar-refractivity contribution in [1.29, 1.82) is 0 Å². The van der Waals surface area contributed by atoms with Crippen LogP contribution in [0.2, 0.25) is 0 Å². The fourth-order valence-corrected chi connectivity index (χ4v) is 3.48. The van der Waals surface area contributed by atoms with Gasteiger partial charge in [-0.2, -0.15) is 0 Å². The molecule has 1 N–H and O–H groups in total. The molecule has 3 heteroatoms. The Morgan fingerprint density at radius 3 is 2.42 bits per heavy atom. The number of aryl methyl sites for hydroxylation is 2. The van der Waals surface area contributed by atoms with Crippen molar-refractivity contribution in [3.8, 4) is 0 Å². The lowest BCUT2D eigenvalue weighted by Crippen LogP contribution is -2.38. The van der Waals surface area contributed by atoms with Crippen molar-refractivity contribution in [2.75, 3.05) is 12.3 Å². The first kappa shape index (κ1) is 16.4. The van der Waals surface area contributed by atoms with Gasteiger partial charge in [0, 0.05) is 16.7 Å². The molecule has 0 heterocycles. The van der Waals surface area contributed by atoms with Crippen LogP contribution >= 0.6 is 0 Å². The topological polar surface area (TPSA) is 29.1 Å². The first-order valence-corrected chi connectivity index (χ1v) is 8.46. The molecule has 0 aliphatic carbocycles. The Bertz CT molecular complexity index is 429. The van der Waals surface area contributed by atoms with Crippen LogP contribution in [-0.2, 0) is 10.8 Å². The summed E-state index contributed by atoms with van der Waals surface area (Å²) in [5, 5.41) is 3.50. The van der Waals surface area contributed by atoms with Gasteiger partial charge in [-0.3, -0.25) is 4.21 Å². The number of nitrogens with one attached hydrogen (secondary N) is 1. The zero-order valence-electron chi connectivity index (χ0n) is 12.8. The van der Waals surface area contributed by atoms with Crippen LogP contribution in [0.25, 0.3) is 0 Å².